The molecule has 0 radical (unpaired) electrons. The summed E-state index contributed by atoms with van der Waals surface area (Å²) in [6.45, 7) is 1.55. The molecule has 0 saturated carbocycles. The third kappa shape index (κ3) is 5.68. The lowest BCUT2D eigenvalue weighted by atomic mass is 10.0. The van der Waals surface area contributed by atoms with Gasteiger partial charge in [0.05, 0.1) is 17.7 Å². The topological polar surface area (TPSA) is 72.8 Å². The van der Waals surface area contributed by atoms with Gasteiger partial charge in [-0.15, -0.1) is 11.8 Å². The molecule has 1 amide bonds. The van der Waals surface area contributed by atoms with Gasteiger partial charge < -0.3 is 19.8 Å². The van der Waals surface area contributed by atoms with Crippen LogP contribution in [-0.2, 0) is 23.5 Å². The van der Waals surface area contributed by atoms with Gasteiger partial charge in [0.2, 0.25) is 5.43 Å². The van der Waals surface area contributed by atoms with E-state index < -0.39 is 11.6 Å². The molecule has 3 aromatic carbocycles. The van der Waals surface area contributed by atoms with E-state index in [1.807, 2.05) is 54.6 Å². The SMILES string of the molecule is Fc1ccc2c(c1F)CSc1ccccc1C2.O=C1c2c(OCc3ccccc3)c(=O)c(Br)cn2NC2COCCN12. The molecule has 216 valence electrons. The third-order valence-electron chi connectivity index (χ3n) is 7.25. The standard InChI is InChI=1S/C17H16BrN3O4.C14H10F2S/c18-12-8-21-14(17(23)20-6-7-24-10-13(20)19-21)16(15(12)22)25-9-11-4-2-1-3-5-11;15-12-6-5-9-7-10-3-1-2-4-13(10)17-8-11(9)14(12)16/h1-5,8,13,19H,6-7,9-10H2;1-6H,7-8H2. The summed E-state index contributed by atoms with van der Waals surface area (Å²) in [5, 5.41) is 0. The zero-order chi connectivity index (χ0) is 29.2. The van der Waals surface area contributed by atoms with Crippen molar-refractivity contribution in [1.82, 2.24) is 9.58 Å². The van der Waals surface area contributed by atoms with Crippen molar-refractivity contribution in [3.63, 3.8) is 0 Å². The summed E-state index contributed by atoms with van der Waals surface area (Å²) in [6.07, 6.45) is 1.97. The van der Waals surface area contributed by atoms with Crippen LogP contribution in [0, 0.1) is 11.6 Å². The van der Waals surface area contributed by atoms with Gasteiger partial charge in [0.25, 0.3) is 5.91 Å². The molecular weight excluding hydrogens is 628 g/mol. The maximum Gasteiger partial charge on any atom is 0.278 e. The van der Waals surface area contributed by atoms with Gasteiger partial charge >= 0.3 is 0 Å². The number of hydrogen-bond donors (Lipinski definition) is 1. The number of thioether (sulfide) groups is 1. The van der Waals surface area contributed by atoms with Crippen LogP contribution < -0.4 is 15.6 Å². The van der Waals surface area contributed by atoms with E-state index >= 15 is 0 Å². The van der Waals surface area contributed by atoms with Crippen LogP contribution in [0.4, 0.5) is 8.78 Å². The zero-order valence-corrected chi connectivity index (χ0v) is 24.7. The first-order valence-electron chi connectivity index (χ1n) is 13.3. The molecule has 4 heterocycles. The van der Waals surface area contributed by atoms with E-state index in [1.165, 1.54) is 11.6 Å². The van der Waals surface area contributed by atoms with Gasteiger partial charge in [-0.3, -0.25) is 14.3 Å². The van der Waals surface area contributed by atoms with Crippen molar-refractivity contribution in [2.24, 2.45) is 0 Å². The lowest BCUT2D eigenvalue weighted by molar-refractivity contribution is -0.00329. The van der Waals surface area contributed by atoms with E-state index in [-0.39, 0.29) is 35.6 Å². The van der Waals surface area contributed by atoms with Crippen LogP contribution in [0.15, 0.2) is 87.1 Å². The molecule has 7 nitrogen and oxygen atoms in total. The second-order valence-electron chi connectivity index (χ2n) is 9.92. The van der Waals surface area contributed by atoms with E-state index in [4.69, 9.17) is 9.47 Å². The van der Waals surface area contributed by atoms with Crippen molar-refractivity contribution >= 4 is 33.6 Å². The predicted octanol–water partition coefficient (Wildman–Crippen LogP) is 5.71. The van der Waals surface area contributed by atoms with Gasteiger partial charge in [0, 0.05) is 29.0 Å². The minimum absolute atomic E-state index is 0.0423. The number of fused-ring (bicyclic) bond motifs is 4. The smallest absolute Gasteiger partial charge is 0.278 e. The largest absolute Gasteiger partial charge is 0.482 e. The van der Waals surface area contributed by atoms with Crippen LogP contribution in [0.2, 0.25) is 0 Å². The summed E-state index contributed by atoms with van der Waals surface area (Å²) in [6, 6.07) is 20.4. The van der Waals surface area contributed by atoms with E-state index in [0.29, 0.717) is 42.0 Å². The number of rotatable bonds is 3. The minimum Gasteiger partial charge on any atom is -0.482 e. The monoisotopic (exact) mass is 653 g/mol. The number of aromatic nitrogens is 1. The molecule has 42 heavy (non-hydrogen) atoms. The van der Waals surface area contributed by atoms with Gasteiger partial charge in [-0.1, -0.05) is 54.6 Å². The average molecular weight is 655 g/mol. The third-order valence-corrected chi connectivity index (χ3v) is 8.95. The molecule has 1 aromatic heterocycles. The van der Waals surface area contributed by atoms with Gasteiger partial charge in [-0.05, 0) is 51.2 Å². The van der Waals surface area contributed by atoms with Crippen molar-refractivity contribution in [2.45, 2.75) is 29.8 Å². The van der Waals surface area contributed by atoms with Crippen molar-refractivity contribution in [3.05, 3.63) is 127 Å². The van der Waals surface area contributed by atoms with Crippen LogP contribution in [0.25, 0.3) is 0 Å². The number of carbonyl (C=O) groups excluding carboxylic acids is 1. The fourth-order valence-corrected chi connectivity index (χ4v) is 6.58. The Labute approximate surface area is 253 Å². The van der Waals surface area contributed by atoms with Crippen LogP contribution in [-0.4, -0.2) is 41.4 Å². The normalized spacial score (nSPS) is 16.9. The van der Waals surface area contributed by atoms with E-state index in [2.05, 4.69) is 21.4 Å². The van der Waals surface area contributed by atoms with Gasteiger partial charge in [0.1, 0.15) is 12.8 Å². The highest BCUT2D eigenvalue weighted by Gasteiger charge is 2.37. The van der Waals surface area contributed by atoms with Crippen LogP contribution >= 0.6 is 27.7 Å². The van der Waals surface area contributed by atoms with Crippen LogP contribution in [0.1, 0.15) is 32.7 Å². The molecule has 0 bridgehead atoms. The first-order chi connectivity index (χ1) is 20.4. The summed E-state index contributed by atoms with van der Waals surface area (Å²) in [5.74, 6) is -1.14. The molecule has 1 atom stereocenters. The number of hydrogen-bond acceptors (Lipinski definition) is 6. The highest BCUT2D eigenvalue weighted by Crippen LogP contribution is 2.35. The molecule has 4 aromatic rings. The Morgan fingerprint density at radius 3 is 2.64 bits per heavy atom. The Hall–Kier alpha value is -3.67. The minimum atomic E-state index is -0.754. The Balaban J connectivity index is 0.000000162. The molecule has 7 rings (SSSR count). The van der Waals surface area contributed by atoms with E-state index in [1.54, 1.807) is 33.6 Å². The van der Waals surface area contributed by atoms with Gasteiger partial charge in [-0.25, -0.2) is 8.78 Å². The molecule has 1 N–H and O–H groups in total. The second kappa shape index (κ2) is 12.3. The lowest BCUT2D eigenvalue weighted by Gasteiger charge is -2.41. The first kappa shape index (κ1) is 28.4. The second-order valence-corrected chi connectivity index (χ2v) is 11.8. The quantitative estimate of drug-likeness (QED) is 0.306. The Morgan fingerprint density at radius 2 is 1.81 bits per heavy atom. The molecule has 1 saturated heterocycles. The number of nitrogens with zero attached hydrogens (tertiary/aromatic N) is 2. The number of nitrogens with one attached hydrogen (secondary N) is 1. The fraction of sp³-hybridized carbons (Fsp3) is 0.226. The summed E-state index contributed by atoms with van der Waals surface area (Å²) in [4.78, 5) is 28.3. The number of pyridine rings is 1. The predicted molar refractivity (Wildman–Crippen MR) is 159 cm³/mol. The number of carbonyl (C=O) groups is 1. The Bertz CT molecular complexity index is 1700. The zero-order valence-electron chi connectivity index (χ0n) is 22.3. The highest BCUT2D eigenvalue weighted by molar-refractivity contribution is 9.10. The number of benzene rings is 3. The molecule has 11 heteroatoms. The van der Waals surface area contributed by atoms with Crippen LogP contribution in [0.3, 0.4) is 0 Å². The van der Waals surface area contributed by atoms with Crippen molar-refractivity contribution < 1.29 is 23.0 Å². The molecule has 0 spiro atoms. The summed E-state index contributed by atoms with van der Waals surface area (Å²) >= 11 is 4.82. The number of ether oxygens (including phenoxy) is 2. The summed E-state index contributed by atoms with van der Waals surface area (Å²) in [7, 11) is 0. The Kier molecular flexibility index (Phi) is 8.32. The summed E-state index contributed by atoms with van der Waals surface area (Å²) < 4.78 is 39.9. The van der Waals surface area contributed by atoms with Crippen molar-refractivity contribution in [2.75, 3.05) is 25.2 Å². The summed E-state index contributed by atoms with van der Waals surface area (Å²) in [5.41, 5.74) is 6.55. The molecular formula is C31H26BrF2N3O4S. The molecule has 0 aliphatic carbocycles. The van der Waals surface area contributed by atoms with Gasteiger partial charge in [0.15, 0.2) is 23.1 Å². The maximum atomic E-state index is 13.7. The first-order valence-corrected chi connectivity index (χ1v) is 15.1. The van der Waals surface area contributed by atoms with Crippen molar-refractivity contribution in [3.8, 4) is 5.75 Å². The van der Waals surface area contributed by atoms with E-state index in [9.17, 15) is 18.4 Å². The van der Waals surface area contributed by atoms with Gasteiger partial charge in [-0.2, -0.15) is 0 Å². The fourth-order valence-electron chi connectivity index (χ4n) is 5.08. The molecule has 3 aliphatic heterocycles. The number of halogens is 3. The number of amides is 1. The Morgan fingerprint density at radius 1 is 1.02 bits per heavy atom. The number of morpholine rings is 1. The molecule has 1 unspecified atom stereocenters. The highest BCUT2D eigenvalue weighted by atomic mass is 79.9. The molecule has 1 fully saturated rings. The average Bonchev–Trinajstić information content (AvgIpc) is 3.20. The maximum absolute atomic E-state index is 13.7. The van der Waals surface area contributed by atoms with Crippen LogP contribution in [0.5, 0.6) is 5.75 Å². The van der Waals surface area contributed by atoms with E-state index in [0.717, 1.165) is 16.0 Å². The van der Waals surface area contributed by atoms with Crippen molar-refractivity contribution in [1.29, 1.82) is 0 Å². The molecule has 3 aliphatic rings. The lowest BCUT2D eigenvalue weighted by Crippen LogP contribution is -2.59.